The minimum Gasteiger partial charge on any atom is -0.373 e. The van der Waals surface area contributed by atoms with Crippen molar-refractivity contribution in [1.82, 2.24) is 9.97 Å². The summed E-state index contributed by atoms with van der Waals surface area (Å²) in [5.74, 6) is 1.66. The second kappa shape index (κ2) is 5.89. The predicted octanol–water partition coefficient (Wildman–Crippen LogP) is 3.79. The minimum absolute atomic E-state index is 0.703. The second-order valence-corrected chi connectivity index (χ2v) is 4.67. The smallest absolute Gasteiger partial charge is 0.139 e. The Morgan fingerprint density at radius 2 is 1.95 bits per heavy atom. The molecule has 0 saturated carbocycles. The third-order valence-electron chi connectivity index (χ3n) is 2.99. The van der Waals surface area contributed by atoms with Crippen molar-refractivity contribution in [2.45, 2.75) is 20.3 Å². The molecule has 2 aromatic rings. The van der Waals surface area contributed by atoms with Crippen LogP contribution in [-0.2, 0) is 6.42 Å². The van der Waals surface area contributed by atoms with E-state index in [1.165, 1.54) is 0 Å². The number of hydrogen-bond acceptors (Lipinski definition) is 4. The highest BCUT2D eigenvalue weighted by molar-refractivity contribution is 6.30. The summed E-state index contributed by atoms with van der Waals surface area (Å²) in [5.41, 5.74) is 3.14. The molecule has 2 rings (SSSR count). The zero-order valence-corrected chi connectivity index (χ0v) is 12.0. The van der Waals surface area contributed by atoms with E-state index in [4.69, 9.17) is 11.6 Å². The van der Waals surface area contributed by atoms with Gasteiger partial charge in [-0.05, 0) is 31.0 Å². The maximum absolute atomic E-state index is 6.03. The molecular weight excluding hydrogens is 260 g/mol. The molecule has 100 valence electrons. The van der Waals surface area contributed by atoms with E-state index in [0.717, 1.165) is 34.9 Å². The van der Waals surface area contributed by atoms with Crippen LogP contribution in [0.3, 0.4) is 0 Å². The van der Waals surface area contributed by atoms with Crippen LogP contribution in [-0.4, -0.2) is 17.0 Å². The molecule has 0 aliphatic heterocycles. The third-order valence-corrected chi connectivity index (χ3v) is 3.22. The Hall–Kier alpha value is -1.81. The van der Waals surface area contributed by atoms with Gasteiger partial charge in [0.2, 0.25) is 0 Å². The fourth-order valence-electron chi connectivity index (χ4n) is 1.93. The van der Waals surface area contributed by atoms with Crippen LogP contribution in [0.2, 0.25) is 5.02 Å². The van der Waals surface area contributed by atoms with Crippen molar-refractivity contribution < 1.29 is 0 Å². The van der Waals surface area contributed by atoms with Gasteiger partial charge in [-0.15, -0.1) is 0 Å². The maximum atomic E-state index is 6.03. The monoisotopic (exact) mass is 276 g/mol. The van der Waals surface area contributed by atoms with Gasteiger partial charge in [0.1, 0.15) is 18.0 Å². The number of benzene rings is 1. The lowest BCUT2D eigenvalue weighted by Crippen LogP contribution is -2.05. The van der Waals surface area contributed by atoms with Crippen molar-refractivity contribution in [2.24, 2.45) is 0 Å². The van der Waals surface area contributed by atoms with Gasteiger partial charge in [-0.3, -0.25) is 0 Å². The summed E-state index contributed by atoms with van der Waals surface area (Å²) in [6.07, 6.45) is 2.40. The summed E-state index contributed by atoms with van der Waals surface area (Å²) in [7, 11) is 1.86. The van der Waals surface area contributed by atoms with Crippen LogP contribution < -0.4 is 10.6 Å². The average Bonchev–Trinajstić information content (AvgIpc) is 2.42. The van der Waals surface area contributed by atoms with Gasteiger partial charge >= 0.3 is 0 Å². The highest BCUT2D eigenvalue weighted by atomic mass is 35.5. The van der Waals surface area contributed by atoms with Crippen molar-refractivity contribution >= 4 is 28.9 Å². The molecule has 1 aromatic heterocycles. The van der Waals surface area contributed by atoms with E-state index in [2.05, 4.69) is 27.5 Å². The quantitative estimate of drug-likeness (QED) is 0.892. The predicted molar refractivity (Wildman–Crippen MR) is 80.4 cm³/mol. The van der Waals surface area contributed by atoms with E-state index in [1.807, 2.05) is 32.2 Å². The van der Waals surface area contributed by atoms with Crippen LogP contribution in [0, 0.1) is 6.92 Å². The van der Waals surface area contributed by atoms with Crippen molar-refractivity contribution in [3.8, 4) is 0 Å². The van der Waals surface area contributed by atoms with Crippen molar-refractivity contribution in [3.63, 3.8) is 0 Å². The van der Waals surface area contributed by atoms with Crippen LogP contribution in [0.15, 0.2) is 24.5 Å². The normalized spacial score (nSPS) is 10.3. The summed E-state index contributed by atoms with van der Waals surface area (Å²) in [4.78, 5) is 8.54. The number of hydrogen-bond donors (Lipinski definition) is 2. The fraction of sp³-hybridized carbons (Fsp3) is 0.286. The Kier molecular flexibility index (Phi) is 4.22. The molecule has 1 aromatic carbocycles. The first-order chi connectivity index (χ1) is 9.15. The van der Waals surface area contributed by atoms with Crippen molar-refractivity contribution in [3.05, 3.63) is 40.7 Å². The van der Waals surface area contributed by atoms with Gasteiger partial charge in [-0.25, -0.2) is 9.97 Å². The van der Waals surface area contributed by atoms with Gasteiger partial charge in [0.05, 0.1) is 0 Å². The van der Waals surface area contributed by atoms with E-state index < -0.39 is 0 Å². The molecule has 0 aliphatic rings. The van der Waals surface area contributed by atoms with Gasteiger partial charge in [0, 0.05) is 23.3 Å². The molecular formula is C14H17ClN4. The number of rotatable bonds is 4. The molecule has 2 N–H and O–H groups in total. The molecule has 0 saturated heterocycles. The third kappa shape index (κ3) is 2.96. The maximum Gasteiger partial charge on any atom is 0.139 e. The van der Waals surface area contributed by atoms with Crippen LogP contribution >= 0.6 is 11.6 Å². The highest BCUT2D eigenvalue weighted by Crippen LogP contribution is 2.27. The lowest BCUT2D eigenvalue weighted by atomic mass is 10.1. The number of anilines is 3. The van der Waals surface area contributed by atoms with Gasteiger partial charge in [-0.1, -0.05) is 24.6 Å². The van der Waals surface area contributed by atoms with Crippen LogP contribution in [0.25, 0.3) is 0 Å². The zero-order valence-electron chi connectivity index (χ0n) is 11.3. The molecule has 0 spiro atoms. The van der Waals surface area contributed by atoms with Crippen molar-refractivity contribution in [2.75, 3.05) is 17.7 Å². The minimum atomic E-state index is 0.703. The van der Waals surface area contributed by atoms with E-state index >= 15 is 0 Å². The second-order valence-electron chi connectivity index (χ2n) is 4.24. The molecule has 0 radical (unpaired) electrons. The SMILES string of the molecule is CCc1c(NC)ncnc1Nc1cc(Cl)ccc1C. The van der Waals surface area contributed by atoms with E-state index in [9.17, 15) is 0 Å². The topological polar surface area (TPSA) is 49.8 Å². The number of aromatic nitrogens is 2. The highest BCUT2D eigenvalue weighted by Gasteiger charge is 2.10. The van der Waals surface area contributed by atoms with Gasteiger partial charge in [0.15, 0.2) is 0 Å². The Labute approximate surface area is 118 Å². The van der Waals surface area contributed by atoms with Crippen LogP contribution in [0.1, 0.15) is 18.1 Å². The summed E-state index contributed by atoms with van der Waals surface area (Å²) in [5, 5.41) is 7.12. The summed E-state index contributed by atoms with van der Waals surface area (Å²) in [6, 6.07) is 5.76. The van der Waals surface area contributed by atoms with E-state index in [-0.39, 0.29) is 0 Å². The fourth-order valence-corrected chi connectivity index (χ4v) is 2.10. The Balaban J connectivity index is 2.40. The largest absolute Gasteiger partial charge is 0.373 e. The molecule has 1 heterocycles. The molecule has 0 unspecified atom stereocenters. The van der Waals surface area contributed by atoms with E-state index in [1.54, 1.807) is 6.33 Å². The van der Waals surface area contributed by atoms with E-state index in [0.29, 0.717) is 5.02 Å². The lowest BCUT2D eigenvalue weighted by molar-refractivity contribution is 1.05. The molecule has 0 amide bonds. The number of halogens is 1. The Bertz CT molecular complexity index is 584. The first-order valence-corrected chi connectivity index (χ1v) is 6.58. The standard InChI is InChI=1S/C14H17ClN4/c1-4-11-13(16-3)17-8-18-14(11)19-12-7-10(15)6-5-9(12)2/h5-8H,4H2,1-3H3,(H2,16,17,18,19). The average molecular weight is 277 g/mol. The molecule has 0 atom stereocenters. The summed E-state index contributed by atoms with van der Waals surface area (Å²) >= 11 is 6.03. The molecule has 5 heteroatoms. The zero-order chi connectivity index (χ0) is 13.8. The number of nitrogens with one attached hydrogen (secondary N) is 2. The number of nitrogens with zero attached hydrogens (tertiary/aromatic N) is 2. The van der Waals surface area contributed by atoms with Gasteiger partial charge in [-0.2, -0.15) is 0 Å². The molecule has 19 heavy (non-hydrogen) atoms. The molecule has 4 nitrogen and oxygen atoms in total. The lowest BCUT2D eigenvalue weighted by Gasteiger charge is -2.14. The summed E-state index contributed by atoms with van der Waals surface area (Å²) in [6.45, 7) is 4.11. The van der Waals surface area contributed by atoms with Gasteiger partial charge in [0.25, 0.3) is 0 Å². The van der Waals surface area contributed by atoms with Crippen molar-refractivity contribution in [1.29, 1.82) is 0 Å². The first-order valence-electron chi connectivity index (χ1n) is 6.20. The Morgan fingerprint density at radius 3 is 2.63 bits per heavy atom. The van der Waals surface area contributed by atoms with Gasteiger partial charge < -0.3 is 10.6 Å². The summed E-state index contributed by atoms with van der Waals surface area (Å²) < 4.78 is 0. The Morgan fingerprint density at radius 1 is 1.21 bits per heavy atom. The van der Waals surface area contributed by atoms with Crippen LogP contribution in [0.4, 0.5) is 17.3 Å². The first kappa shape index (κ1) is 13.6. The molecule has 0 bridgehead atoms. The number of aryl methyl sites for hydroxylation is 1. The molecule has 0 aliphatic carbocycles. The molecule has 0 fully saturated rings. The van der Waals surface area contributed by atoms with Crippen LogP contribution in [0.5, 0.6) is 0 Å².